The zero-order valence-corrected chi connectivity index (χ0v) is 14.1. The average Bonchev–Trinajstić information content (AvgIpc) is 3.12. The van der Waals surface area contributed by atoms with Crippen molar-refractivity contribution in [3.63, 3.8) is 0 Å². The molecule has 0 spiro atoms. The van der Waals surface area contributed by atoms with Crippen LogP contribution in [-0.2, 0) is 18.3 Å². The van der Waals surface area contributed by atoms with Gasteiger partial charge in [-0.1, -0.05) is 0 Å². The minimum Gasteiger partial charge on any atom is -0.367 e. The van der Waals surface area contributed by atoms with E-state index in [4.69, 9.17) is 0 Å². The summed E-state index contributed by atoms with van der Waals surface area (Å²) in [5.74, 6) is 0.0646. The van der Waals surface area contributed by atoms with E-state index in [9.17, 15) is 9.59 Å². The van der Waals surface area contributed by atoms with Crippen LogP contribution in [0.3, 0.4) is 0 Å². The number of nitrogens with zero attached hydrogens (tertiary/aromatic N) is 5. The van der Waals surface area contributed by atoms with Crippen LogP contribution >= 0.6 is 0 Å². The van der Waals surface area contributed by atoms with Crippen molar-refractivity contribution < 1.29 is 4.79 Å². The highest BCUT2D eigenvalue weighted by atomic mass is 16.2. The molecule has 1 saturated heterocycles. The third-order valence-corrected chi connectivity index (χ3v) is 4.91. The maximum atomic E-state index is 12.9. The van der Waals surface area contributed by atoms with Crippen LogP contribution in [0.15, 0.2) is 23.4 Å². The largest absolute Gasteiger partial charge is 0.367 e. The number of piperazine rings is 1. The molecule has 0 radical (unpaired) electrons. The molecule has 1 fully saturated rings. The molecule has 0 aliphatic carbocycles. The second-order valence-corrected chi connectivity index (χ2v) is 6.39. The second kappa shape index (κ2) is 6.32. The van der Waals surface area contributed by atoms with E-state index >= 15 is 0 Å². The molecule has 2 aromatic rings. The fourth-order valence-electron chi connectivity index (χ4n) is 3.42. The van der Waals surface area contributed by atoms with Crippen molar-refractivity contribution in [3.05, 3.63) is 40.3 Å². The number of anilines is 1. The van der Waals surface area contributed by atoms with E-state index < -0.39 is 0 Å². The van der Waals surface area contributed by atoms with Crippen LogP contribution in [0.1, 0.15) is 17.4 Å². The van der Waals surface area contributed by atoms with Gasteiger partial charge in [-0.05, 0) is 0 Å². The molecule has 0 bridgehead atoms. The highest BCUT2D eigenvalue weighted by Gasteiger charge is 2.33. The average molecular weight is 343 g/mol. The molecule has 0 unspecified atom stereocenters. The standard InChI is InChI=1S/C16H21N7O2/c1-21-13(24)8-11(9-20-21)22-4-6-23(7-5-22)16(25)15-14-12(2-3-17-15)18-10-19-14/h8-10,15,17H,2-7H2,1H3,(H,18,19)/t15-/m1/s1. The number of aryl methyl sites for hydroxylation is 1. The monoisotopic (exact) mass is 343 g/mol. The van der Waals surface area contributed by atoms with E-state index in [1.54, 1.807) is 25.6 Å². The second-order valence-electron chi connectivity index (χ2n) is 6.39. The Hall–Kier alpha value is -2.68. The highest BCUT2D eigenvalue weighted by molar-refractivity contribution is 5.83. The quantitative estimate of drug-likeness (QED) is 0.729. The summed E-state index contributed by atoms with van der Waals surface area (Å²) in [6.07, 6.45) is 4.21. The van der Waals surface area contributed by atoms with Gasteiger partial charge in [-0.25, -0.2) is 9.67 Å². The van der Waals surface area contributed by atoms with Gasteiger partial charge in [-0.15, -0.1) is 0 Å². The van der Waals surface area contributed by atoms with Crippen molar-refractivity contribution in [2.75, 3.05) is 37.6 Å². The molecule has 0 saturated carbocycles. The van der Waals surface area contributed by atoms with E-state index in [0.717, 1.165) is 30.0 Å². The first-order valence-electron chi connectivity index (χ1n) is 8.46. The van der Waals surface area contributed by atoms with Crippen LogP contribution < -0.4 is 15.8 Å². The lowest BCUT2D eigenvalue weighted by Crippen LogP contribution is -2.52. The summed E-state index contributed by atoms with van der Waals surface area (Å²) in [5.41, 5.74) is 2.53. The summed E-state index contributed by atoms with van der Waals surface area (Å²) in [5, 5.41) is 7.33. The molecule has 2 aliphatic heterocycles. The third-order valence-electron chi connectivity index (χ3n) is 4.91. The predicted octanol–water partition coefficient (Wildman–Crippen LogP) is -0.961. The van der Waals surface area contributed by atoms with Crippen molar-refractivity contribution >= 4 is 11.6 Å². The number of hydrogen-bond acceptors (Lipinski definition) is 6. The molecule has 9 nitrogen and oxygen atoms in total. The van der Waals surface area contributed by atoms with Crippen molar-refractivity contribution in [1.29, 1.82) is 0 Å². The number of imidazole rings is 1. The maximum Gasteiger partial charge on any atom is 0.268 e. The lowest BCUT2D eigenvalue weighted by atomic mass is 10.0. The van der Waals surface area contributed by atoms with Crippen molar-refractivity contribution in [2.24, 2.45) is 7.05 Å². The zero-order chi connectivity index (χ0) is 17.4. The van der Waals surface area contributed by atoms with Crippen LogP contribution in [0.4, 0.5) is 5.69 Å². The molecule has 0 aromatic carbocycles. The SMILES string of the molecule is Cn1ncc(N2CCN(C(=O)[C@@H]3NCCc4[nH]cnc43)CC2)cc1=O. The molecule has 2 aliphatic rings. The molecule has 25 heavy (non-hydrogen) atoms. The van der Waals surface area contributed by atoms with E-state index in [0.29, 0.717) is 26.2 Å². The van der Waals surface area contributed by atoms with Crippen LogP contribution in [0.25, 0.3) is 0 Å². The van der Waals surface area contributed by atoms with Gasteiger partial charge >= 0.3 is 0 Å². The number of aromatic amines is 1. The van der Waals surface area contributed by atoms with E-state index in [-0.39, 0.29) is 17.5 Å². The van der Waals surface area contributed by atoms with E-state index in [1.807, 2.05) is 4.90 Å². The number of nitrogens with one attached hydrogen (secondary N) is 2. The Bertz CT molecular complexity index is 835. The summed E-state index contributed by atoms with van der Waals surface area (Å²) in [4.78, 5) is 36.0. The molecule has 4 heterocycles. The third kappa shape index (κ3) is 2.91. The highest BCUT2D eigenvalue weighted by Crippen LogP contribution is 2.22. The normalized spacial score (nSPS) is 20.4. The molecule has 132 valence electrons. The Kier molecular flexibility index (Phi) is 4.00. The molecule has 4 rings (SSSR count). The minimum atomic E-state index is -0.368. The van der Waals surface area contributed by atoms with Gasteiger partial charge < -0.3 is 20.1 Å². The molecule has 2 N–H and O–H groups in total. The maximum absolute atomic E-state index is 12.9. The lowest BCUT2D eigenvalue weighted by Gasteiger charge is -2.37. The summed E-state index contributed by atoms with van der Waals surface area (Å²) >= 11 is 0. The molecule has 1 amide bonds. The Labute approximate surface area is 144 Å². The topological polar surface area (TPSA) is 99.2 Å². The predicted molar refractivity (Wildman–Crippen MR) is 91.3 cm³/mol. The van der Waals surface area contributed by atoms with Gasteiger partial charge in [0.15, 0.2) is 0 Å². The number of carbonyl (C=O) groups excluding carboxylic acids is 1. The summed E-state index contributed by atoms with van der Waals surface area (Å²) < 4.78 is 1.31. The number of aromatic nitrogens is 4. The molecule has 2 aromatic heterocycles. The number of rotatable bonds is 2. The first-order valence-corrected chi connectivity index (χ1v) is 8.46. The summed E-state index contributed by atoms with van der Waals surface area (Å²) in [7, 11) is 1.63. The van der Waals surface area contributed by atoms with E-state index in [2.05, 4.69) is 25.3 Å². The number of amides is 1. The van der Waals surface area contributed by atoms with Crippen molar-refractivity contribution in [3.8, 4) is 0 Å². The number of hydrogen-bond donors (Lipinski definition) is 2. The first-order chi connectivity index (χ1) is 12.1. The first kappa shape index (κ1) is 15.8. The summed E-state index contributed by atoms with van der Waals surface area (Å²) in [6, 6.07) is 1.22. The molecule has 1 atom stereocenters. The van der Waals surface area contributed by atoms with Gasteiger partial charge in [0.1, 0.15) is 6.04 Å². The fraction of sp³-hybridized carbons (Fsp3) is 0.500. The van der Waals surface area contributed by atoms with Crippen LogP contribution in [0.2, 0.25) is 0 Å². The Morgan fingerprint density at radius 2 is 2.08 bits per heavy atom. The van der Waals surface area contributed by atoms with Crippen molar-refractivity contribution in [2.45, 2.75) is 12.5 Å². The van der Waals surface area contributed by atoms with Crippen LogP contribution in [-0.4, -0.2) is 63.3 Å². The van der Waals surface area contributed by atoms with Gasteiger partial charge in [0.05, 0.1) is 23.9 Å². The van der Waals surface area contributed by atoms with Gasteiger partial charge in [0.2, 0.25) is 5.91 Å². The number of fused-ring (bicyclic) bond motifs is 1. The summed E-state index contributed by atoms with van der Waals surface area (Å²) in [6.45, 7) is 3.37. The van der Waals surface area contributed by atoms with Crippen LogP contribution in [0.5, 0.6) is 0 Å². The van der Waals surface area contributed by atoms with Crippen molar-refractivity contribution in [1.82, 2.24) is 30.0 Å². The van der Waals surface area contributed by atoms with Crippen LogP contribution in [0, 0.1) is 0 Å². The lowest BCUT2D eigenvalue weighted by molar-refractivity contribution is -0.134. The molecular formula is C16H21N7O2. The molecular weight excluding hydrogens is 322 g/mol. The van der Waals surface area contributed by atoms with Gasteiger partial charge in [-0.2, -0.15) is 5.10 Å². The number of carbonyl (C=O) groups is 1. The van der Waals surface area contributed by atoms with Gasteiger partial charge in [0, 0.05) is 58.0 Å². The Morgan fingerprint density at radius 1 is 1.28 bits per heavy atom. The Balaban J connectivity index is 1.43. The number of H-pyrrole nitrogens is 1. The minimum absolute atomic E-state index is 0.0646. The smallest absolute Gasteiger partial charge is 0.268 e. The zero-order valence-electron chi connectivity index (χ0n) is 14.1. The van der Waals surface area contributed by atoms with E-state index in [1.165, 1.54) is 4.68 Å². The van der Waals surface area contributed by atoms with Gasteiger partial charge in [-0.3, -0.25) is 9.59 Å². The Morgan fingerprint density at radius 3 is 2.84 bits per heavy atom. The molecule has 9 heteroatoms. The fourth-order valence-corrected chi connectivity index (χ4v) is 3.42. The van der Waals surface area contributed by atoms with Gasteiger partial charge in [0.25, 0.3) is 5.56 Å².